The van der Waals surface area contributed by atoms with Crippen molar-refractivity contribution in [3.63, 3.8) is 0 Å². The molecule has 4 nitrogen and oxygen atoms in total. The number of halogens is 1. The largest absolute Gasteiger partial charge is 0.506 e. The molecule has 0 aliphatic heterocycles. The maximum atomic E-state index is 11.2. The van der Waals surface area contributed by atoms with Gasteiger partial charge in [-0.05, 0) is 27.8 Å². The summed E-state index contributed by atoms with van der Waals surface area (Å²) < 4.78 is 11.2. The molecule has 2 aromatic rings. The number of benzene rings is 2. The van der Waals surface area contributed by atoms with Crippen molar-refractivity contribution in [2.24, 2.45) is 0 Å². The molecule has 0 aromatic heterocycles. The van der Waals surface area contributed by atoms with Gasteiger partial charge in [-0.15, -0.1) is 12.4 Å². The smallest absolute Gasteiger partial charge is 0.398 e. The highest BCUT2D eigenvalue weighted by Crippen LogP contribution is 2.37. The van der Waals surface area contributed by atoms with Gasteiger partial charge in [-0.2, -0.15) is 4.89 Å². The first-order valence-corrected chi connectivity index (χ1v) is 7.31. The second kappa shape index (κ2) is 7.25. The number of hydrogen-bond acceptors (Lipinski definition) is 3. The molecule has 6 heteroatoms. The van der Waals surface area contributed by atoms with Crippen LogP contribution in [0.3, 0.4) is 0 Å². The van der Waals surface area contributed by atoms with Gasteiger partial charge in [-0.3, -0.25) is 0 Å². The highest BCUT2D eigenvalue weighted by molar-refractivity contribution is 7.38. The number of para-hydroxylation sites is 2. The van der Waals surface area contributed by atoms with Crippen LogP contribution in [0.15, 0.2) is 48.5 Å². The van der Waals surface area contributed by atoms with Crippen molar-refractivity contribution in [2.75, 3.05) is 17.6 Å². The molecule has 0 aliphatic rings. The van der Waals surface area contributed by atoms with Crippen molar-refractivity contribution in [1.82, 2.24) is 0 Å². The SMILES string of the molecule is Cl.Nc1ccccc1C(C[P+](=O)O)c1ccccc1N. The number of hydrogen-bond donors (Lipinski definition) is 3. The van der Waals surface area contributed by atoms with Gasteiger partial charge in [0.05, 0.1) is 5.92 Å². The van der Waals surface area contributed by atoms with Crippen LogP contribution in [-0.4, -0.2) is 11.1 Å². The van der Waals surface area contributed by atoms with E-state index in [-0.39, 0.29) is 24.5 Å². The van der Waals surface area contributed by atoms with E-state index in [1.165, 1.54) is 0 Å². The molecular formula is C14H17ClN2O2P+. The molecule has 106 valence electrons. The van der Waals surface area contributed by atoms with E-state index in [9.17, 15) is 9.46 Å². The summed E-state index contributed by atoms with van der Waals surface area (Å²) >= 11 is 0. The predicted molar refractivity (Wildman–Crippen MR) is 85.5 cm³/mol. The van der Waals surface area contributed by atoms with Crippen LogP contribution in [0.1, 0.15) is 17.0 Å². The Balaban J connectivity index is 0.00000200. The predicted octanol–water partition coefficient (Wildman–Crippen LogP) is 3.14. The molecule has 5 N–H and O–H groups in total. The van der Waals surface area contributed by atoms with E-state index >= 15 is 0 Å². The third-order valence-electron chi connectivity index (χ3n) is 3.08. The zero-order valence-electron chi connectivity index (χ0n) is 10.8. The van der Waals surface area contributed by atoms with Gasteiger partial charge in [-0.25, -0.2) is 0 Å². The first kappa shape index (κ1) is 16.4. The lowest BCUT2D eigenvalue weighted by molar-refractivity contribution is 0.500. The maximum absolute atomic E-state index is 11.2. The Morgan fingerprint density at radius 1 is 0.950 bits per heavy atom. The summed E-state index contributed by atoms with van der Waals surface area (Å²) in [5, 5.41) is 0. The minimum Gasteiger partial charge on any atom is -0.398 e. The van der Waals surface area contributed by atoms with Gasteiger partial charge >= 0.3 is 8.03 Å². The first-order chi connectivity index (χ1) is 9.09. The molecule has 1 atom stereocenters. The molecule has 0 aliphatic carbocycles. The highest BCUT2D eigenvalue weighted by Gasteiger charge is 2.27. The van der Waals surface area contributed by atoms with Crippen LogP contribution < -0.4 is 11.5 Å². The van der Waals surface area contributed by atoms with Gasteiger partial charge in [0.2, 0.25) is 0 Å². The molecular weight excluding hydrogens is 295 g/mol. The minimum absolute atomic E-state index is 0. The summed E-state index contributed by atoms with van der Waals surface area (Å²) in [6.45, 7) is 0. The molecule has 0 spiro atoms. The van der Waals surface area contributed by atoms with Gasteiger partial charge in [0.15, 0.2) is 6.16 Å². The number of anilines is 2. The van der Waals surface area contributed by atoms with Gasteiger partial charge in [0, 0.05) is 11.4 Å². The van der Waals surface area contributed by atoms with Gasteiger partial charge < -0.3 is 11.5 Å². The fourth-order valence-corrected chi connectivity index (χ4v) is 2.88. The normalized spacial score (nSPS) is 11.0. The van der Waals surface area contributed by atoms with Crippen molar-refractivity contribution in [1.29, 1.82) is 0 Å². The van der Waals surface area contributed by atoms with Crippen LogP contribution in [-0.2, 0) is 4.57 Å². The zero-order chi connectivity index (χ0) is 13.8. The van der Waals surface area contributed by atoms with E-state index in [1.807, 2.05) is 36.4 Å². The molecule has 0 radical (unpaired) electrons. The molecule has 2 rings (SSSR count). The number of rotatable bonds is 4. The Kier molecular flexibility index (Phi) is 5.96. The zero-order valence-corrected chi connectivity index (χ0v) is 12.5. The van der Waals surface area contributed by atoms with E-state index in [0.717, 1.165) is 11.1 Å². The molecule has 0 saturated heterocycles. The van der Waals surface area contributed by atoms with Crippen LogP contribution in [0.5, 0.6) is 0 Å². The van der Waals surface area contributed by atoms with Crippen LogP contribution in [0.25, 0.3) is 0 Å². The van der Waals surface area contributed by atoms with Crippen LogP contribution in [0.2, 0.25) is 0 Å². The fraction of sp³-hybridized carbons (Fsp3) is 0.143. The molecule has 0 fully saturated rings. The van der Waals surface area contributed by atoms with E-state index in [0.29, 0.717) is 11.4 Å². The Morgan fingerprint density at radius 2 is 1.35 bits per heavy atom. The molecule has 2 aromatic carbocycles. The Morgan fingerprint density at radius 3 is 1.70 bits per heavy atom. The maximum Gasteiger partial charge on any atom is 0.506 e. The van der Waals surface area contributed by atoms with Crippen molar-refractivity contribution >= 4 is 31.8 Å². The summed E-state index contributed by atoms with van der Waals surface area (Å²) in [5.41, 5.74) is 14.8. The third-order valence-corrected chi connectivity index (χ3v) is 3.76. The Bertz CT molecular complexity index is 562. The molecule has 1 unspecified atom stereocenters. The number of nitrogens with two attached hydrogens (primary N) is 2. The molecule has 0 heterocycles. The lowest BCUT2D eigenvalue weighted by atomic mass is 9.90. The second-order valence-corrected chi connectivity index (χ2v) is 5.41. The summed E-state index contributed by atoms with van der Waals surface area (Å²) in [5.74, 6) is -0.268. The highest BCUT2D eigenvalue weighted by atomic mass is 35.5. The van der Waals surface area contributed by atoms with Gasteiger partial charge in [-0.1, -0.05) is 36.4 Å². The quantitative estimate of drug-likeness (QED) is 0.597. The standard InChI is InChI=1S/C14H15N2O2P.ClH/c15-13-7-3-1-5-10(13)12(9-19(17)18)11-6-2-4-8-14(11)16;/h1-8,12H,9,15-16H2;1H/p+1. The summed E-state index contributed by atoms with van der Waals surface area (Å²) in [4.78, 5) is 9.25. The molecule has 0 saturated carbocycles. The van der Waals surface area contributed by atoms with E-state index in [4.69, 9.17) is 11.5 Å². The Hall–Kier alpha value is -1.61. The van der Waals surface area contributed by atoms with Gasteiger partial charge in [0.1, 0.15) is 0 Å². The fourth-order valence-electron chi connectivity index (χ4n) is 2.18. The monoisotopic (exact) mass is 311 g/mol. The first-order valence-electron chi connectivity index (χ1n) is 5.92. The third kappa shape index (κ3) is 3.70. The van der Waals surface area contributed by atoms with E-state index in [1.54, 1.807) is 12.1 Å². The van der Waals surface area contributed by atoms with Crippen molar-refractivity contribution in [2.45, 2.75) is 5.92 Å². The molecule has 20 heavy (non-hydrogen) atoms. The van der Waals surface area contributed by atoms with Crippen LogP contribution in [0, 0.1) is 0 Å². The lowest BCUT2D eigenvalue weighted by Crippen LogP contribution is -2.09. The van der Waals surface area contributed by atoms with Crippen LogP contribution >= 0.6 is 20.4 Å². The minimum atomic E-state index is -2.27. The molecule has 0 amide bonds. The second-order valence-electron chi connectivity index (χ2n) is 4.35. The summed E-state index contributed by atoms with van der Waals surface area (Å²) in [7, 11) is -2.27. The summed E-state index contributed by atoms with van der Waals surface area (Å²) in [6, 6.07) is 14.7. The topological polar surface area (TPSA) is 89.3 Å². The average molecular weight is 312 g/mol. The molecule has 0 bridgehead atoms. The Labute approximate surface area is 125 Å². The van der Waals surface area contributed by atoms with Crippen LogP contribution in [0.4, 0.5) is 11.4 Å². The summed E-state index contributed by atoms with van der Waals surface area (Å²) in [6.07, 6.45) is 0.109. The van der Waals surface area contributed by atoms with Crippen molar-refractivity contribution in [3.8, 4) is 0 Å². The van der Waals surface area contributed by atoms with Gasteiger partial charge in [0.25, 0.3) is 0 Å². The van der Waals surface area contributed by atoms with Crippen molar-refractivity contribution < 1.29 is 9.46 Å². The number of nitrogen functional groups attached to an aromatic ring is 2. The average Bonchev–Trinajstić information content (AvgIpc) is 2.37. The van der Waals surface area contributed by atoms with E-state index in [2.05, 4.69) is 0 Å². The lowest BCUT2D eigenvalue weighted by Gasteiger charge is -2.16. The van der Waals surface area contributed by atoms with E-state index < -0.39 is 8.03 Å². The van der Waals surface area contributed by atoms with Crippen molar-refractivity contribution in [3.05, 3.63) is 59.7 Å².